The Hall–Kier alpha value is -0.360. The van der Waals surface area contributed by atoms with E-state index in [0.717, 1.165) is 23.1 Å². The molecule has 0 aliphatic carbocycles. The van der Waals surface area contributed by atoms with E-state index in [1.54, 1.807) is 6.26 Å². The van der Waals surface area contributed by atoms with E-state index in [0.29, 0.717) is 0 Å². The van der Waals surface area contributed by atoms with Gasteiger partial charge in [0.2, 0.25) is 0 Å². The molecule has 17 heavy (non-hydrogen) atoms. The zero-order valence-electron chi connectivity index (χ0n) is 11.0. The monoisotopic (exact) mass is 303 g/mol. The normalized spacial score (nSPS) is 14.3. The van der Waals surface area contributed by atoms with E-state index in [9.17, 15) is 0 Å². The van der Waals surface area contributed by atoms with Crippen molar-refractivity contribution in [3.05, 3.63) is 22.6 Å². The average molecular weight is 304 g/mol. The number of halogens is 1. The molecule has 1 heterocycles. The van der Waals surface area contributed by atoms with Gasteiger partial charge in [-0.05, 0) is 48.9 Å². The molecule has 1 unspecified atom stereocenters. The maximum Gasteiger partial charge on any atom is 0.138 e. The highest BCUT2D eigenvalue weighted by molar-refractivity contribution is 9.10. The zero-order valence-corrected chi connectivity index (χ0v) is 12.5. The number of furan rings is 1. The molecule has 1 aromatic rings. The van der Waals surface area contributed by atoms with Gasteiger partial charge in [-0.25, -0.2) is 5.43 Å². The van der Waals surface area contributed by atoms with E-state index < -0.39 is 0 Å². The molecule has 3 N–H and O–H groups in total. The molecule has 0 bridgehead atoms. The Bertz CT molecular complexity index is 347. The summed E-state index contributed by atoms with van der Waals surface area (Å²) >= 11 is 3.50. The van der Waals surface area contributed by atoms with E-state index in [1.807, 2.05) is 6.07 Å². The predicted molar refractivity (Wildman–Crippen MR) is 73.5 cm³/mol. The second kappa shape index (κ2) is 6.00. The van der Waals surface area contributed by atoms with Gasteiger partial charge in [0.15, 0.2) is 0 Å². The van der Waals surface area contributed by atoms with Crippen LogP contribution in [-0.4, -0.2) is 24.5 Å². The van der Waals surface area contributed by atoms with Crippen LogP contribution >= 0.6 is 15.9 Å². The van der Waals surface area contributed by atoms with Gasteiger partial charge in [-0.3, -0.25) is 5.84 Å². The van der Waals surface area contributed by atoms with Crippen LogP contribution in [0.3, 0.4) is 0 Å². The molecule has 0 aromatic carbocycles. The molecule has 0 fully saturated rings. The van der Waals surface area contributed by atoms with Crippen LogP contribution in [0.5, 0.6) is 0 Å². The van der Waals surface area contributed by atoms with Gasteiger partial charge in [-0.1, -0.05) is 13.8 Å². The molecular weight excluding hydrogens is 282 g/mol. The lowest BCUT2D eigenvalue weighted by Crippen LogP contribution is -2.54. The Kier molecular flexibility index (Phi) is 5.19. The van der Waals surface area contributed by atoms with Crippen LogP contribution in [0.2, 0.25) is 0 Å². The van der Waals surface area contributed by atoms with Crippen molar-refractivity contribution in [3.8, 4) is 0 Å². The minimum absolute atomic E-state index is 0.0446. The molecule has 0 saturated heterocycles. The largest absolute Gasteiger partial charge is 0.466 e. The Morgan fingerprint density at radius 2 is 2.06 bits per heavy atom. The second-order valence-corrected chi connectivity index (χ2v) is 5.29. The summed E-state index contributed by atoms with van der Waals surface area (Å²) in [5, 5.41) is 0. The Balaban J connectivity index is 3.19. The van der Waals surface area contributed by atoms with Gasteiger partial charge in [0.05, 0.1) is 16.8 Å². The summed E-state index contributed by atoms with van der Waals surface area (Å²) in [7, 11) is 4.16. The molecule has 0 aliphatic heterocycles. The third-order valence-electron chi connectivity index (χ3n) is 3.73. The molecule has 0 saturated carbocycles. The fourth-order valence-electron chi connectivity index (χ4n) is 2.54. The number of hydrogen-bond acceptors (Lipinski definition) is 4. The number of hydrogen-bond donors (Lipinski definition) is 2. The van der Waals surface area contributed by atoms with Crippen molar-refractivity contribution >= 4 is 15.9 Å². The van der Waals surface area contributed by atoms with Gasteiger partial charge in [0.1, 0.15) is 5.76 Å². The van der Waals surface area contributed by atoms with Crippen LogP contribution in [0, 0.1) is 0 Å². The average Bonchev–Trinajstić information content (AvgIpc) is 2.72. The van der Waals surface area contributed by atoms with Crippen molar-refractivity contribution in [2.75, 3.05) is 14.1 Å². The second-order valence-electron chi connectivity index (χ2n) is 4.44. The molecule has 98 valence electrons. The van der Waals surface area contributed by atoms with E-state index in [4.69, 9.17) is 10.3 Å². The molecule has 0 radical (unpaired) electrons. The first-order valence-electron chi connectivity index (χ1n) is 5.89. The number of nitrogens with zero attached hydrogens (tertiary/aromatic N) is 1. The summed E-state index contributed by atoms with van der Waals surface area (Å²) in [5.74, 6) is 6.60. The highest BCUT2D eigenvalue weighted by Crippen LogP contribution is 2.38. The lowest BCUT2D eigenvalue weighted by Gasteiger charge is -2.44. The smallest absolute Gasteiger partial charge is 0.138 e. The van der Waals surface area contributed by atoms with Crippen LogP contribution < -0.4 is 11.3 Å². The highest BCUT2D eigenvalue weighted by Gasteiger charge is 2.40. The first-order chi connectivity index (χ1) is 8.03. The Morgan fingerprint density at radius 3 is 2.35 bits per heavy atom. The van der Waals surface area contributed by atoms with Crippen LogP contribution in [0.25, 0.3) is 0 Å². The fraction of sp³-hybridized carbons (Fsp3) is 0.667. The van der Waals surface area contributed by atoms with E-state index in [-0.39, 0.29) is 11.6 Å². The number of nitrogens with two attached hydrogens (primary N) is 1. The van der Waals surface area contributed by atoms with Crippen LogP contribution in [-0.2, 0) is 0 Å². The van der Waals surface area contributed by atoms with Gasteiger partial charge in [0.25, 0.3) is 0 Å². The maximum atomic E-state index is 5.75. The Morgan fingerprint density at radius 1 is 1.47 bits per heavy atom. The van der Waals surface area contributed by atoms with Crippen molar-refractivity contribution in [3.63, 3.8) is 0 Å². The summed E-state index contributed by atoms with van der Waals surface area (Å²) in [5.41, 5.74) is 2.84. The van der Waals surface area contributed by atoms with E-state index in [1.165, 1.54) is 0 Å². The molecule has 1 aromatic heterocycles. The van der Waals surface area contributed by atoms with Gasteiger partial charge in [-0.2, -0.15) is 0 Å². The molecule has 1 atom stereocenters. The van der Waals surface area contributed by atoms with Crippen molar-refractivity contribution < 1.29 is 4.42 Å². The van der Waals surface area contributed by atoms with E-state index in [2.05, 4.69) is 54.2 Å². The lowest BCUT2D eigenvalue weighted by molar-refractivity contribution is 0.0774. The first-order valence-corrected chi connectivity index (χ1v) is 6.69. The van der Waals surface area contributed by atoms with E-state index >= 15 is 0 Å². The van der Waals surface area contributed by atoms with Crippen molar-refractivity contribution in [1.29, 1.82) is 0 Å². The molecule has 0 aliphatic rings. The van der Waals surface area contributed by atoms with Gasteiger partial charge < -0.3 is 9.32 Å². The van der Waals surface area contributed by atoms with Crippen molar-refractivity contribution in [2.45, 2.75) is 38.3 Å². The van der Waals surface area contributed by atoms with Crippen LogP contribution in [0.4, 0.5) is 0 Å². The molecule has 5 heteroatoms. The lowest BCUT2D eigenvalue weighted by atomic mass is 9.82. The van der Waals surface area contributed by atoms with Crippen LogP contribution in [0.1, 0.15) is 38.5 Å². The number of rotatable bonds is 6. The molecule has 4 nitrogen and oxygen atoms in total. The first kappa shape index (κ1) is 14.7. The molecule has 0 spiro atoms. The summed E-state index contributed by atoms with van der Waals surface area (Å²) in [4.78, 5) is 2.21. The third-order valence-corrected chi connectivity index (χ3v) is 4.38. The maximum absolute atomic E-state index is 5.75. The summed E-state index contributed by atoms with van der Waals surface area (Å²) in [6.45, 7) is 4.34. The minimum Gasteiger partial charge on any atom is -0.466 e. The SMILES string of the molecule is CCC(CC)(C(NN)c1occc1Br)N(C)C. The molecule has 1 rings (SSSR count). The number of nitrogens with one attached hydrogen (secondary N) is 1. The van der Waals surface area contributed by atoms with Gasteiger partial charge >= 0.3 is 0 Å². The minimum atomic E-state index is -0.0604. The van der Waals surface area contributed by atoms with Gasteiger partial charge in [0, 0.05) is 5.54 Å². The topological polar surface area (TPSA) is 54.4 Å². The molecule has 0 amide bonds. The third kappa shape index (κ3) is 2.57. The summed E-state index contributed by atoms with van der Waals surface area (Å²) < 4.78 is 6.51. The highest BCUT2D eigenvalue weighted by atomic mass is 79.9. The Labute approximate surface area is 112 Å². The molecular formula is C12H22BrN3O. The van der Waals surface area contributed by atoms with Gasteiger partial charge in [-0.15, -0.1) is 0 Å². The predicted octanol–water partition coefficient (Wildman–Crippen LogP) is 2.67. The number of likely N-dealkylation sites (N-methyl/N-ethyl adjacent to an activating group) is 1. The number of hydrazine groups is 1. The summed E-state index contributed by atoms with van der Waals surface area (Å²) in [6.07, 6.45) is 3.65. The van der Waals surface area contributed by atoms with Crippen molar-refractivity contribution in [1.82, 2.24) is 10.3 Å². The quantitative estimate of drug-likeness (QED) is 0.627. The standard InChI is InChI=1S/C12H22BrN3O/c1-5-12(6-2,16(3)4)11(15-14)10-9(13)7-8-17-10/h7-8,11,15H,5-6,14H2,1-4H3. The fourth-order valence-corrected chi connectivity index (χ4v) is 2.97. The zero-order chi connectivity index (χ0) is 13.1. The van der Waals surface area contributed by atoms with Crippen LogP contribution in [0.15, 0.2) is 21.2 Å². The van der Waals surface area contributed by atoms with Crippen molar-refractivity contribution in [2.24, 2.45) is 5.84 Å². The summed E-state index contributed by atoms with van der Waals surface area (Å²) in [6, 6.07) is 1.85.